The van der Waals surface area contributed by atoms with Crippen LogP contribution in [0.4, 0.5) is 0 Å². The molecule has 3 heterocycles. The van der Waals surface area contributed by atoms with Gasteiger partial charge >= 0.3 is 0 Å². The van der Waals surface area contributed by atoms with Crippen molar-refractivity contribution in [3.8, 4) is 0 Å². The van der Waals surface area contributed by atoms with E-state index in [1.54, 1.807) is 23.4 Å². The van der Waals surface area contributed by atoms with E-state index in [1.165, 1.54) is 6.20 Å². The molecule has 0 aliphatic carbocycles. The van der Waals surface area contributed by atoms with Crippen molar-refractivity contribution >= 4 is 15.9 Å². The molecule has 24 heavy (non-hydrogen) atoms. The number of nitrogens with zero attached hydrogens (tertiary/aromatic N) is 4. The van der Waals surface area contributed by atoms with Gasteiger partial charge in [0, 0.05) is 32.9 Å². The molecule has 1 N–H and O–H groups in total. The highest BCUT2D eigenvalue weighted by atomic mass is 32.2. The van der Waals surface area contributed by atoms with E-state index >= 15 is 0 Å². The van der Waals surface area contributed by atoms with Crippen LogP contribution in [0, 0.1) is 6.92 Å². The first-order chi connectivity index (χ1) is 11.4. The lowest BCUT2D eigenvalue weighted by Crippen LogP contribution is -2.42. The predicted molar refractivity (Wildman–Crippen MR) is 88.9 cm³/mol. The predicted octanol–water partition coefficient (Wildman–Crippen LogP) is -0.296. The molecule has 0 spiro atoms. The maximum absolute atomic E-state index is 12.5. The van der Waals surface area contributed by atoms with Crippen molar-refractivity contribution in [1.29, 1.82) is 0 Å². The second kappa shape index (κ2) is 6.81. The van der Waals surface area contributed by atoms with E-state index in [0.717, 1.165) is 32.4 Å². The second-order valence-corrected chi connectivity index (χ2v) is 8.22. The largest absolute Gasteiger partial charge is 0.340 e. The van der Waals surface area contributed by atoms with Gasteiger partial charge in [0.2, 0.25) is 5.91 Å². The van der Waals surface area contributed by atoms with Crippen LogP contribution in [0.15, 0.2) is 11.2 Å². The Morgan fingerprint density at radius 2 is 2.00 bits per heavy atom. The van der Waals surface area contributed by atoms with Gasteiger partial charge in [0.15, 0.2) is 5.03 Å². The highest BCUT2D eigenvalue weighted by molar-refractivity contribution is 7.89. The summed E-state index contributed by atoms with van der Waals surface area (Å²) in [6.07, 6.45) is 4.65. The molecule has 0 aromatic carbocycles. The van der Waals surface area contributed by atoms with Gasteiger partial charge in [-0.2, -0.15) is 0 Å². The maximum Gasteiger partial charge on any atom is 0.259 e. The fraction of sp³-hybridized carbons (Fsp3) is 0.733. The van der Waals surface area contributed by atoms with Crippen molar-refractivity contribution < 1.29 is 13.2 Å². The van der Waals surface area contributed by atoms with Crippen LogP contribution >= 0.6 is 0 Å². The third-order valence-electron chi connectivity index (χ3n) is 4.89. The number of carbonyl (C=O) groups excluding carboxylic acids is 1. The number of amides is 1. The summed E-state index contributed by atoms with van der Waals surface area (Å²) in [5, 5.41) is 0.0187. The topological polar surface area (TPSA) is 87.5 Å². The van der Waals surface area contributed by atoms with Crippen LogP contribution in [0.25, 0.3) is 0 Å². The number of aromatic nitrogens is 2. The third kappa shape index (κ3) is 3.47. The summed E-state index contributed by atoms with van der Waals surface area (Å²) in [5.41, 5.74) is 0. The van der Waals surface area contributed by atoms with Gasteiger partial charge in [-0.3, -0.25) is 9.69 Å². The Morgan fingerprint density at radius 1 is 1.29 bits per heavy atom. The molecule has 3 rings (SSSR count). The van der Waals surface area contributed by atoms with Crippen LogP contribution in [-0.2, 0) is 21.9 Å². The smallest absolute Gasteiger partial charge is 0.259 e. The van der Waals surface area contributed by atoms with Crippen molar-refractivity contribution in [3.05, 3.63) is 12.0 Å². The van der Waals surface area contributed by atoms with Crippen LogP contribution in [0.5, 0.6) is 0 Å². The minimum absolute atomic E-state index is 0.0115. The molecule has 2 aliphatic heterocycles. The molecular weight excluding hydrogens is 330 g/mol. The average molecular weight is 355 g/mol. The molecular formula is C15H25N5O3S. The van der Waals surface area contributed by atoms with E-state index < -0.39 is 10.0 Å². The summed E-state index contributed by atoms with van der Waals surface area (Å²) in [6.45, 7) is 5.04. The van der Waals surface area contributed by atoms with E-state index in [9.17, 15) is 13.2 Å². The van der Waals surface area contributed by atoms with E-state index in [4.69, 9.17) is 0 Å². The van der Waals surface area contributed by atoms with E-state index in [2.05, 4.69) is 14.6 Å². The summed E-state index contributed by atoms with van der Waals surface area (Å²) in [6, 6.07) is -0.0115. The Hall–Kier alpha value is -1.45. The SMILES string of the molecule is Cc1nc(S(=O)(=O)NCCN2CCC(N3CCCC3)C2=O)cn1C. The van der Waals surface area contributed by atoms with Crippen LogP contribution in [0.1, 0.15) is 25.1 Å². The monoisotopic (exact) mass is 355 g/mol. The van der Waals surface area contributed by atoms with Crippen molar-refractivity contribution in [2.75, 3.05) is 32.7 Å². The normalized spacial score (nSPS) is 22.7. The van der Waals surface area contributed by atoms with Gasteiger partial charge in [0.1, 0.15) is 5.82 Å². The van der Waals surface area contributed by atoms with E-state index in [0.29, 0.717) is 18.9 Å². The Labute approximate surface area is 142 Å². The van der Waals surface area contributed by atoms with Crippen LogP contribution < -0.4 is 4.72 Å². The number of hydrogen-bond acceptors (Lipinski definition) is 5. The fourth-order valence-electron chi connectivity index (χ4n) is 3.38. The summed E-state index contributed by atoms with van der Waals surface area (Å²) in [4.78, 5) is 20.5. The van der Waals surface area contributed by atoms with Gasteiger partial charge in [-0.1, -0.05) is 0 Å². The molecule has 1 aromatic heterocycles. The van der Waals surface area contributed by atoms with Crippen LogP contribution in [0.3, 0.4) is 0 Å². The highest BCUT2D eigenvalue weighted by Crippen LogP contribution is 2.21. The first kappa shape index (κ1) is 17.4. The number of likely N-dealkylation sites (tertiary alicyclic amines) is 2. The van der Waals surface area contributed by atoms with Gasteiger partial charge in [0.05, 0.1) is 6.04 Å². The summed E-state index contributed by atoms with van der Waals surface area (Å²) in [7, 11) is -1.88. The van der Waals surface area contributed by atoms with E-state index in [1.807, 2.05) is 0 Å². The van der Waals surface area contributed by atoms with Crippen molar-refractivity contribution in [3.63, 3.8) is 0 Å². The maximum atomic E-state index is 12.5. The Morgan fingerprint density at radius 3 is 2.62 bits per heavy atom. The van der Waals surface area contributed by atoms with Gasteiger partial charge in [-0.05, 0) is 39.3 Å². The summed E-state index contributed by atoms with van der Waals surface area (Å²) in [5.74, 6) is 0.767. The Balaban J connectivity index is 1.52. The quantitative estimate of drug-likeness (QED) is 0.757. The summed E-state index contributed by atoms with van der Waals surface area (Å²) < 4.78 is 28.7. The molecule has 0 bridgehead atoms. The average Bonchev–Trinajstić information content (AvgIpc) is 3.23. The van der Waals surface area contributed by atoms with E-state index in [-0.39, 0.29) is 23.5 Å². The van der Waals surface area contributed by atoms with Crippen molar-refractivity contribution in [1.82, 2.24) is 24.1 Å². The van der Waals surface area contributed by atoms with Gasteiger partial charge in [-0.15, -0.1) is 0 Å². The number of sulfonamides is 1. The second-order valence-electron chi connectivity index (χ2n) is 6.51. The minimum atomic E-state index is -3.63. The molecule has 1 unspecified atom stereocenters. The van der Waals surface area contributed by atoms with Crippen molar-refractivity contribution in [2.24, 2.45) is 7.05 Å². The number of imidazole rings is 1. The van der Waals surface area contributed by atoms with Gasteiger partial charge in [0.25, 0.3) is 10.0 Å². The zero-order valence-corrected chi connectivity index (χ0v) is 15.0. The van der Waals surface area contributed by atoms with Crippen LogP contribution in [-0.4, -0.2) is 72.4 Å². The number of nitrogens with one attached hydrogen (secondary N) is 1. The standard InChI is InChI=1S/C15H25N5O3S/c1-12-17-14(11-18(12)2)24(22,23)16-6-10-20-9-5-13(15(20)21)19-7-3-4-8-19/h11,13,16H,3-10H2,1-2H3. The third-order valence-corrected chi connectivity index (χ3v) is 6.22. The first-order valence-electron chi connectivity index (χ1n) is 8.41. The molecule has 1 amide bonds. The molecule has 2 fully saturated rings. The first-order valence-corrected chi connectivity index (χ1v) is 9.89. The molecule has 134 valence electrons. The molecule has 1 aromatic rings. The fourth-order valence-corrected chi connectivity index (χ4v) is 4.44. The van der Waals surface area contributed by atoms with Gasteiger partial charge < -0.3 is 9.47 Å². The minimum Gasteiger partial charge on any atom is -0.340 e. The molecule has 0 radical (unpaired) electrons. The highest BCUT2D eigenvalue weighted by Gasteiger charge is 2.36. The van der Waals surface area contributed by atoms with Gasteiger partial charge in [-0.25, -0.2) is 18.1 Å². The molecule has 0 saturated carbocycles. The lowest BCUT2D eigenvalue weighted by Gasteiger charge is -2.22. The molecule has 9 heteroatoms. The number of aryl methyl sites for hydroxylation is 2. The Kier molecular flexibility index (Phi) is 4.93. The number of rotatable bonds is 6. The lowest BCUT2D eigenvalue weighted by atomic mass is 10.2. The Bertz CT molecular complexity index is 689. The molecule has 1 atom stereocenters. The summed E-state index contributed by atoms with van der Waals surface area (Å²) >= 11 is 0. The zero-order valence-electron chi connectivity index (χ0n) is 14.2. The molecule has 2 saturated heterocycles. The number of hydrogen-bond donors (Lipinski definition) is 1. The number of carbonyl (C=O) groups is 1. The van der Waals surface area contributed by atoms with Crippen molar-refractivity contribution in [2.45, 2.75) is 37.3 Å². The zero-order chi connectivity index (χ0) is 17.3. The molecule has 8 nitrogen and oxygen atoms in total. The molecule has 2 aliphatic rings. The van der Waals surface area contributed by atoms with Crippen LogP contribution in [0.2, 0.25) is 0 Å². The lowest BCUT2D eigenvalue weighted by molar-refractivity contribution is -0.131.